The number of aliphatic hydroxyl groups is 1. The first-order valence-corrected chi connectivity index (χ1v) is 4.80. The van der Waals surface area contributed by atoms with Gasteiger partial charge in [-0.25, -0.2) is 4.39 Å². The summed E-state index contributed by atoms with van der Waals surface area (Å²) in [5, 5.41) is 8.77. The van der Waals surface area contributed by atoms with Gasteiger partial charge in [0.2, 0.25) is 0 Å². The van der Waals surface area contributed by atoms with Crippen molar-refractivity contribution < 1.29 is 19.0 Å². The lowest BCUT2D eigenvalue weighted by molar-refractivity contribution is -0.139. The highest BCUT2D eigenvalue weighted by Gasteiger charge is 2.00. The lowest BCUT2D eigenvalue weighted by Gasteiger charge is -2.00. The highest BCUT2D eigenvalue weighted by molar-refractivity contribution is 5.72. The van der Waals surface area contributed by atoms with Crippen LogP contribution < -0.4 is 0 Å². The molecule has 16 heavy (non-hydrogen) atoms. The van der Waals surface area contributed by atoms with E-state index in [2.05, 4.69) is 4.74 Å². The molecule has 0 aliphatic carbocycles. The Morgan fingerprint density at radius 2 is 2.31 bits per heavy atom. The van der Waals surface area contributed by atoms with E-state index in [0.717, 1.165) is 0 Å². The number of esters is 1. The van der Waals surface area contributed by atoms with Crippen LogP contribution in [0.5, 0.6) is 0 Å². The zero-order valence-electron chi connectivity index (χ0n) is 8.94. The van der Waals surface area contributed by atoms with Crippen molar-refractivity contribution in [3.63, 3.8) is 0 Å². The van der Waals surface area contributed by atoms with E-state index in [0.29, 0.717) is 5.56 Å². The summed E-state index contributed by atoms with van der Waals surface area (Å²) in [6.07, 6.45) is 3.38. The molecule has 0 saturated heterocycles. The van der Waals surface area contributed by atoms with E-state index in [4.69, 9.17) is 5.11 Å². The van der Waals surface area contributed by atoms with Gasteiger partial charge in [-0.05, 0) is 11.6 Å². The van der Waals surface area contributed by atoms with Crippen molar-refractivity contribution in [1.82, 2.24) is 0 Å². The standard InChI is InChI=1S/C12H13FO3/c1-16-12(15)4-2-3-9-5-6-10(8-14)11(13)7-9/h2-3,5-7,14H,4,8H2,1H3. The van der Waals surface area contributed by atoms with Crippen LogP contribution in [0, 0.1) is 5.82 Å². The van der Waals surface area contributed by atoms with Crippen LogP contribution in [-0.4, -0.2) is 18.2 Å². The van der Waals surface area contributed by atoms with E-state index in [1.165, 1.54) is 19.2 Å². The number of hydrogen-bond acceptors (Lipinski definition) is 3. The molecule has 0 atom stereocenters. The second kappa shape index (κ2) is 6.02. The van der Waals surface area contributed by atoms with Gasteiger partial charge in [0.1, 0.15) is 5.82 Å². The molecule has 0 aliphatic rings. The normalized spacial score (nSPS) is 10.7. The molecule has 0 unspecified atom stereocenters. The lowest BCUT2D eigenvalue weighted by atomic mass is 10.1. The lowest BCUT2D eigenvalue weighted by Crippen LogP contribution is -1.96. The van der Waals surface area contributed by atoms with E-state index >= 15 is 0 Å². The van der Waals surface area contributed by atoms with Gasteiger partial charge in [-0.1, -0.05) is 24.3 Å². The van der Waals surface area contributed by atoms with Gasteiger partial charge >= 0.3 is 5.97 Å². The van der Waals surface area contributed by atoms with Crippen LogP contribution in [0.2, 0.25) is 0 Å². The number of benzene rings is 1. The first kappa shape index (κ1) is 12.4. The summed E-state index contributed by atoms with van der Waals surface area (Å²) in [7, 11) is 1.31. The number of rotatable bonds is 4. The summed E-state index contributed by atoms with van der Waals surface area (Å²) in [5.41, 5.74) is 0.892. The Kier molecular flexibility index (Phi) is 4.66. The molecule has 1 aromatic carbocycles. The van der Waals surface area contributed by atoms with Crippen LogP contribution >= 0.6 is 0 Å². The minimum absolute atomic E-state index is 0.153. The maximum Gasteiger partial charge on any atom is 0.309 e. The number of carbonyl (C=O) groups is 1. The summed E-state index contributed by atoms with van der Waals surface area (Å²) in [6.45, 7) is -0.321. The molecule has 0 radical (unpaired) electrons. The van der Waals surface area contributed by atoms with Crippen molar-refractivity contribution in [3.8, 4) is 0 Å². The van der Waals surface area contributed by atoms with Gasteiger partial charge in [0.25, 0.3) is 0 Å². The van der Waals surface area contributed by atoms with Gasteiger partial charge in [-0.3, -0.25) is 4.79 Å². The van der Waals surface area contributed by atoms with Gasteiger partial charge in [-0.15, -0.1) is 0 Å². The van der Waals surface area contributed by atoms with E-state index in [1.54, 1.807) is 18.2 Å². The van der Waals surface area contributed by atoms with Crippen molar-refractivity contribution in [3.05, 3.63) is 41.2 Å². The van der Waals surface area contributed by atoms with Crippen molar-refractivity contribution >= 4 is 12.0 Å². The SMILES string of the molecule is COC(=O)CC=Cc1ccc(CO)c(F)c1. The Balaban J connectivity index is 2.68. The molecular formula is C12H13FO3. The summed E-state index contributed by atoms with van der Waals surface area (Å²) in [6, 6.07) is 4.48. The maximum atomic E-state index is 13.2. The fourth-order valence-electron chi connectivity index (χ4n) is 1.17. The van der Waals surface area contributed by atoms with E-state index < -0.39 is 5.82 Å². The fraction of sp³-hybridized carbons (Fsp3) is 0.250. The molecule has 1 rings (SSSR count). The zero-order valence-corrected chi connectivity index (χ0v) is 8.94. The molecule has 0 fully saturated rings. The third kappa shape index (κ3) is 3.47. The Morgan fingerprint density at radius 3 is 2.88 bits per heavy atom. The predicted octanol–water partition coefficient (Wildman–Crippen LogP) is 1.89. The Labute approximate surface area is 93.2 Å². The van der Waals surface area contributed by atoms with E-state index in [1.807, 2.05) is 0 Å². The summed E-state index contributed by atoms with van der Waals surface area (Å²) < 4.78 is 17.7. The van der Waals surface area contributed by atoms with E-state index in [-0.39, 0.29) is 24.6 Å². The molecule has 4 heteroatoms. The number of hydrogen-bond donors (Lipinski definition) is 1. The van der Waals surface area contributed by atoms with Crippen LogP contribution in [0.3, 0.4) is 0 Å². The van der Waals surface area contributed by atoms with Gasteiger partial charge in [0.15, 0.2) is 0 Å². The molecule has 0 bridgehead atoms. The summed E-state index contributed by atoms with van der Waals surface area (Å²) in [4.78, 5) is 10.8. The highest BCUT2D eigenvalue weighted by Crippen LogP contribution is 2.12. The van der Waals surface area contributed by atoms with Gasteiger partial charge in [0.05, 0.1) is 20.1 Å². The smallest absolute Gasteiger partial charge is 0.309 e. The molecule has 3 nitrogen and oxygen atoms in total. The molecule has 0 amide bonds. The molecule has 86 valence electrons. The molecule has 1 N–H and O–H groups in total. The Hall–Kier alpha value is -1.68. The van der Waals surface area contributed by atoms with Crippen molar-refractivity contribution in [2.45, 2.75) is 13.0 Å². The zero-order chi connectivity index (χ0) is 12.0. The number of methoxy groups -OCH3 is 1. The number of aliphatic hydroxyl groups excluding tert-OH is 1. The van der Waals surface area contributed by atoms with Gasteiger partial charge in [0, 0.05) is 5.56 Å². The highest BCUT2D eigenvalue weighted by atomic mass is 19.1. The summed E-state index contributed by atoms with van der Waals surface area (Å²) >= 11 is 0. The van der Waals surface area contributed by atoms with Crippen molar-refractivity contribution in [2.24, 2.45) is 0 Å². The third-order valence-electron chi connectivity index (χ3n) is 2.07. The second-order valence-corrected chi connectivity index (χ2v) is 3.19. The van der Waals surface area contributed by atoms with Crippen LogP contribution in [0.1, 0.15) is 17.5 Å². The van der Waals surface area contributed by atoms with Crippen molar-refractivity contribution in [1.29, 1.82) is 0 Å². The first-order valence-electron chi connectivity index (χ1n) is 4.80. The third-order valence-corrected chi connectivity index (χ3v) is 2.07. The quantitative estimate of drug-likeness (QED) is 0.794. The van der Waals surface area contributed by atoms with Crippen LogP contribution in [0.15, 0.2) is 24.3 Å². The molecule has 0 saturated carbocycles. The molecule has 0 spiro atoms. The van der Waals surface area contributed by atoms with Crippen molar-refractivity contribution in [2.75, 3.05) is 7.11 Å². The van der Waals surface area contributed by atoms with Crippen LogP contribution in [0.4, 0.5) is 4.39 Å². The first-order chi connectivity index (χ1) is 7.67. The molecule has 0 heterocycles. The number of halogens is 1. The second-order valence-electron chi connectivity index (χ2n) is 3.19. The largest absolute Gasteiger partial charge is 0.469 e. The molecular weight excluding hydrogens is 211 g/mol. The molecule has 0 aromatic heterocycles. The average Bonchev–Trinajstić information content (AvgIpc) is 2.29. The Bertz CT molecular complexity index is 399. The fourth-order valence-corrected chi connectivity index (χ4v) is 1.17. The maximum absolute atomic E-state index is 13.2. The average molecular weight is 224 g/mol. The van der Waals surface area contributed by atoms with Crippen LogP contribution in [0.25, 0.3) is 6.08 Å². The predicted molar refractivity (Wildman–Crippen MR) is 58.0 cm³/mol. The summed E-state index contributed by atoms with van der Waals surface area (Å²) in [5.74, 6) is -0.800. The minimum Gasteiger partial charge on any atom is -0.469 e. The van der Waals surface area contributed by atoms with Gasteiger partial charge in [-0.2, -0.15) is 0 Å². The Morgan fingerprint density at radius 1 is 1.56 bits per heavy atom. The minimum atomic E-state index is -0.456. The van der Waals surface area contributed by atoms with Gasteiger partial charge < -0.3 is 9.84 Å². The topological polar surface area (TPSA) is 46.5 Å². The van der Waals surface area contributed by atoms with Crippen LogP contribution in [-0.2, 0) is 16.1 Å². The van der Waals surface area contributed by atoms with E-state index in [9.17, 15) is 9.18 Å². The number of carbonyl (C=O) groups excluding carboxylic acids is 1. The molecule has 0 aliphatic heterocycles. The number of ether oxygens (including phenoxy) is 1. The monoisotopic (exact) mass is 224 g/mol. The molecule has 1 aromatic rings.